The van der Waals surface area contributed by atoms with Crippen LogP contribution in [0.25, 0.3) is 5.65 Å². The summed E-state index contributed by atoms with van der Waals surface area (Å²) >= 11 is 3.39. The number of hydrogen-bond acceptors (Lipinski definition) is 3. The number of amides is 1. The van der Waals surface area contributed by atoms with Crippen molar-refractivity contribution in [2.75, 3.05) is 0 Å². The summed E-state index contributed by atoms with van der Waals surface area (Å²) in [7, 11) is 0. The van der Waals surface area contributed by atoms with Crippen molar-refractivity contribution in [3.63, 3.8) is 0 Å². The first kappa shape index (κ1) is 14.6. The van der Waals surface area contributed by atoms with Crippen molar-refractivity contribution in [2.45, 2.75) is 13.0 Å². The third-order valence-electron chi connectivity index (χ3n) is 3.17. The van der Waals surface area contributed by atoms with E-state index >= 15 is 0 Å². The van der Waals surface area contributed by atoms with Gasteiger partial charge in [0, 0.05) is 29.6 Å². The molecule has 3 aromatic heterocycles. The molecule has 1 N–H and O–H groups in total. The lowest BCUT2D eigenvalue weighted by atomic mass is 10.2. The van der Waals surface area contributed by atoms with Crippen LogP contribution in [0.2, 0.25) is 0 Å². The number of fused-ring (bicyclic) bond motifs is 1. The Kier molecular flexibility index (Phi) is 4.15. The molecule has 0 saturated heterocycles. The van der Waals surface area contributed by atoms with Gasteiger partial charge in [-0.15, -0.1) is 0 Å². The van der Waals surface area contributed by atoms with E-state index < -0.39 is 5.95 Å². The van der Waals surface area contributed by atoms with Gasteiger partial charge in [-0.1, -0.05) is 0 Å². The fourth-order valence-electron chi connectivity index (χ4n) is 2.12. The van der Waals surface area contributed by atoms with E-state index in [0.29, 0.717) is 5.56 Å². The second kappa shape index (κ2) is 6.23. The quantitative estimate of drug-likeness (QED) is 0.725. The highest BCUT2D eigenvalue weighted by Crippen LogP contribution is 2.14. The molecule has 0 fully saturated rings. The number of carbonyl (C=O) groups is 1. The molecule has 1 amide bonds. The van der Waals surface area contributed by atoms with Gasteiger partial charge in [0.05, 0.1) is 12.1 Å². The molecule has 0 unspecified atom stereocenters. The molecule has 0 aliphatic rings. The molecule has 112 valence electrons. The van der Waals surface area contributed by atoms with E-state index in [4.69, 9.17) is 0 Å². The summed E-state index contributed by atoms with van der Waals surface area (Å²) in [5.74, 6) is -0.711. The van der Waals surface area contributed by atoms with E-state index in [1.165, 1.54) is 12.3 Å². The second-order valence-electron chi connectivity index (χ2n) is 4.77. The Balaban J connectivity index is 1.67. The van der Waals surface area contributed by atoms with Crippen molar-refractivity contribution < 1.29 is 9.18 Å². The number of imidazole rings is 1. The van der Waals surface area contributed by atoms with Gasteiger partial charge < -0.3 is 9.72 Å². The lowest BCUT2D eigenvalue weighted by Gasteiger charge is -2.06. The van der Waals surface area contributed by atoms with Crippen LogP contribution in [-0.4, -0.2) is 20.3 Å². The van der Waals surface area contributed by atoms with Crippen molar-refractivity contribution in [1.29, 1.82) is 0 Å². The molecule has 0 atom stereocenters. The number of nitrogens with zero attached hydrogens (tertiary/aromatic N) is 3. The van der Waals surface area contributed by atoms with Crippen LogP contribution in [0.3, 0.4) is 0 Å². The highest BCUT2D eigenvalue weighted by atomic mass is 79.9. The number of aromatic nitrogens is 3. The molecule has 3 heterocycles. The Morgan fingerprint density at radius 3 is 3.00 bits per heavy atom. The highest BCUT2D eigenvalue weighted by Gasteiger charge is 2.09. The number of hydrogen-bond donors (Lipinski definition) is 1. The van der Waals surface area contributed by atoms with Crippen LogP contribution in [0.1, 0.15) is 11.3 Å². The molecule has 0 aliphatic carbocycles. The second-order valence-corrected chi connectivity index (χ2v) is 5.68. The fourth-order valence-corrected chi connectivity index (χ4v) is 2.45. The Labute approximate surface area is 134 Å². The standard InChI is InChI=1S/C15H12BrFN4O/c16-11-1-2-14-19-8-12(21(14)9-11)6-15(22)20-7-10-3-4-18-13(17)5-10/h1-5,8-9H,6-7H2,(H,20,22). The maximum Gasteiger partial charge on any atom is 0.226 e. The molecule has 5 nitrogen and oxygen atoms in total. The van der Waals surface area contributed by atoms with Crippen molar-refractivity contribution in [3.05, 3.63) is 64.5 Å². The van der Waals surface area contributed by atoms with E-state index in [9.17, 15) is 9.18 Å². The minimum absolute atomic E-state index is 0.154. The first-order chi connectivity index (χ1) is 10.6. The summed E-state index contributed by atoms with van der Waals surface area (Å²) in [4.78, 5) is 19.7. The third kappa shape index (κ3) is 3.30. The van der Waals surface area contributed by atoms with E-state index in [2.05, 4.69) is 31.2 Å². The van der Waals surface area contributed by atoms with Crippen molar-refractivity contribution in [3.8, 4) is 0 Å². The van der Waals surface area contributed by atoms with Gasteiger partial charge >= 0.3 is 0 Å². The summed E-state index contributed by atoms with van der Waals surface area (Å²) in [5, 5.41) is 2.76. The number of halogens is 2. The summed E-state index contributed by atoms with van der Waals surface area (Å²) in [6.45, 7) is 0.263. The summed E-state index contributed by atoms with van der Waals surface area (Å²) in [6.07, 6.45) is 5.11. The summed E-state index contributed by atoms with van der Waals surface area (Å²) in [5.41, 5.74) is 2.23. The predicted molar refractivity (Wildman–Crippen MR) is 82.6 cm³/mol. The summed E-state index contributed by atoms with van der Waals surface area (Å²) < 4.78 is 15.7. The molecule has 0 radical (unpaired) electrons. The van der Waals surface area contributed by atoms with E-state index in [0.717, 1.165) is 15.8 Å². The molecule has 0 bridgehead atoms. The van der Waals surface area contributed by atoms with Crippen LogP contribution < -0.4 is 5.32 Å². The van der Waals surface area contributed by atoms with Gasteiger partial charge in [0.1, 0.15) is 5.65 Å². The van der Waals surface area contributed by atoms with Gasteiger partial charge in [-0.25, -0.2) is 9.97 Å². The molecule has 7 heteroatoms. The zero-order valence-electron chi connectivity index (χ0n) is 11.5. The molecule has 3 aromatic rings. The molecule has 0 saturated carbocycles. The minimum atomic E-state index is -0.557. The number of nitrogens with one attached hydrogen (secondary N) is 1. The molecular formula is C15H12BrFN4O. The zero-order chi connectivity index (χ0) is 15.5. The van der Waals surface area contributed by atoms with Crippen molar-refractivity contribution in [2.24, 2.45) is 0 Å². The molecule has 0 aliphatic heterocycles. The number of carbonyl (C=O) groups excluding carboxylic acids is 1. The fraction of sp³-hybridized carbons (Fsp3) is 0.133. The minimum Gasteiger partial charge on any atom is -0.352 e. The van der Waals surface area contributed by atoms with Crippen molar-refractivity contribution in [1.82, 2.24) is 19.7 Å². The van der Waals surface area contributed by atoms with E-state index in [1.54, 1.807) is 12.3 Å². The lowest BCUT2D eigenvalue weighted by molar-refractivity contribution is -0.120. The monoisotopic (exact) mass is 362 g/mol. The Morgan fingerprint density at radius 1 is 1.32 bits per heavy atom. The Bertz CT molecular complexity index is 833. The van der Waals surface area contributed by atoms with Crippen LogP contribution in [0.5, 0.6) is 0 Å². The maximum atomic E-state index is 13.0. The average Bonchev–Trinajstić information content (AvgIpc) is 2.88. The molecular weight excluding hydrogens is 351 g/mol. The third-order valence-corrected chi connectivity index (χ3v) is 3.64. The van der Waals surface area contributed by atoms with Crippen LogP contribution >= 0.6 is 15.9 Å². The maximum absolute atomic E-state index is 13.0. The lowest BCUT2D eigenvalue weighted by Crippen LogP contribution is -2.25. The van der Waals surface area contributed by atoms with Crippen LogP contribution in [-0.2, 0) is 17.8 Å². The highest BCUT2D eigenvalue weighted by molar-refractivity contribution is 9.10. The largest absolute Gasteiger partial charge is 0.352 e. The molecule has 3 rings (SSSR count). The average molecular weight is 363 g/mol. The van der Waals surface area contributed by atoms with Gasteiger partial charge in [0.15, 0.2) is 0 Å². The predicted octanol–water partition coefficient (Wildman–Crippen LogP) is 2.49. The first-order valence-electron chi connectivity index (χ1n) is 6.60. The Morgan fingerprint density at radius 2 is 2.18 bits per heavy atom. The number of pyridine rings is 2. The smallest absolute Gasteiger partial charge is 0.226 e. The Hall–Kier alpha value is -2.28. The van der Waals surface area contributed by atoms with Gasteiger partial charge in [0.2, 0.25) is 11.9 Å². The summed E-state index contributed by atoms with van der Waals surface area (Å²) in [6, 6.07) is 6.72. The van der Waals surface area contributed by atoms with Crippen LogP contribution in [0.15, 0.2) is 47.3 Å². The van der Waals surface area contributed by atoms with Gasteiger partial charge in [-0.3, -0.25) is 4.79 Å². The first-order valence-corrected chi connectivity index (χ1v) is 7.40. The van der Waals surface area contributed by atoms with Crippen LogP contribution in [0, 0.1) is 5.95 Å². The van der Waals surface area contributed by atoms with Crippen molar-refractivity contribution >= 4 is 27.5 Å². The normalized spacial score (nSPS) is 10.8. The van der Waals surface area contributed by atoms with Gasteiger partial charge in [0.25, 0.3) is 0 Å². The molecule has 0 spiro atoms. The topological polar surface area (TPSA) is 59.3 Å². The van der Waals surface area contributed by atoms with Gasteiger partial charge in [-0.05, 0) is 45.8 Å². The van der Waals surface area contributed by atoms with E-state index in [-0.39, 0.29) is 18.9 Å². The van der Waals surface area contributed by atoms with Gasteiger partial charge in [-0.2, -0.15) is 4.39 Å². The zero-order valence-corrected chi connectivity index (χ0v) is 13.0. The molecule has 22 heavy (non-hydrogen) atoms. The van der Waals surface area contributed by atoms with Crippen LogP contribution in [0.4, 0.5) is 4.39 Å². The number of rotatable bonds is 4. The SMILES string of the molecule is O=C(Cc1cnc2ccc(Br)cn12)NCc1ccnc(F)c1. The van der Waals surface area contributed by atoms with E-state index in [1.807, 2.05) is 22.7 Å². The molecule has 0 aromatic carbocycles.